The summed E-state index contributed by atoms with van der Waals surface area (Å²) in [6.45, 7) is 0. The lowest BCUT2D eigenvalue weighted by Crippen LogP contribution is -1.88. The highest BCUT2D eigenvalue weighted by atomic mass is 19.3. The van der Waals surface area contributed by atoms with Gasteiger partial charge >= 0.3 is 0 Å². The molecule has 2 aromatic rings. The van der Waals surface area contributed by atoms with Crippen molar-refractivity contribution in [2.24, 2.45) is 5.73 Å². The van der Waals surface area contributed by atoms with Crippen molar-refractivity contribution in [1.29, 1.82) is 0 Å². The predicted molar refractivity (Wildman–Crippen MR) is 68.6 cm³/mol. The summed E-state index contributed by atoms with van der Waals surface area (Å²) in [5, 5.41) is 1.05. The fourth-order valence-electron chi connectivity index (χ4n) is 1.60. The van der Waals surface area contributed by atoms with E-state index in [2.05, 4.69) is 5.73 Å². The smallest absolute Gasteiger partial charge is 0.271 e. The Bertz CT molecular complexity index is 576. The number of benzene rings is 2. The van der Waals surface area contributed by atoms with E-state index in [1.165, 1.54) is 19.2 Å². The van der Waals surface area contributed by atoms with Gasteiger partial charge in [0.15, 0.2) is 0 Å². The van der Waals surface area contributed by atoms with Crippen LogP contribution in [-0.2, 0) is 0 Å². The molecule has 0 bridgehead atoms. The van der Waals surface area contributed by atoms with E-state index in [-0.39, 0.29) is 5.56 Å². The number of nitrogen functional groups attached to an aromatic ring is 1. The van der Waals surface area contributed by atoms with Gasteiger partial charge in [0.1, 0.15) is 5.82 Å². The van der Waals surface area contributed by atoms with Crippen molar-refractivity contribution in [3.8, 4) is 0 Å². The maximum Gasteiger partial charge on any atom is 0.271 e. The quantitative estimate of drug-likeness (QED) is 0.766. The van der Waals surface area contributed by atoms with E-state index in [1.54, 1.807) is 12.1 Å². The highest BCUT2D eigenvalue weighted by molar-refractivity contribution is 5.92. The summed E-state index contributed by atoms with van der Waals surface area (Å²) in [6, 6.07) is 7.35. The number of anilines is 1. The molecule has 0 aliphatic heterocycles. The van der Waals surface area contributed by atoms with E-state index in [9.17, 15) is 13.2 Å². The number of rotatable bonds is 1. The Morgan fingerprint density at radius 3 is 2.39 bits per heavy atom. The molecule has 96 valence electrons. The van der Waals surface area contributed by atoms with Crippen LogP contribution in [0.5, 0.6) is 0 Å². The van der Waals surface area contributed by atoms with Crippen molar-refractivity contribution in [3.05, 3.63) is 47.8 Å². The van der Waals surface area contributed by atoms with Gasteiger partial charge in [0.05, 0.1) is 0 Å². The number of nitrogens with two attached hydrogens (primary N) is 2. The van der Waals surface area contributed by atoms with Gasteiger partial charge in [-0.3, -0.25) is 0 Å². The minimum Gasteiger partial charge on any atom is -0.399 e. The topological polar surface area (TPSA) is 52.0 Å². The van der Waals surface area contributed by atoms with Crippen LogP contribution in [0.4, 0.5) is 18.9 Å². The highest BCUT2D eigenvalue weighted by Gasteiger charge is 2.07. The minimum absolute atomic E-state index is 0.113. The van der Waals surface area contributed by atoms with Gasteiger partial charge in [-0.25, -0.2) is 4.39 Å². The Labute approximate surface area is 103 Å². The molecular formula is C13H13F3N2. The Morgan fingerprint density at radius 1 is 1.11 bits per heavy atom. The fourth-order valence-corrected chi connectivity index (χ4v) is 1.60. The molecular weight excluding hydrogens is 241 g/mol. The van der Waals surface area contributed by atoms with Crippen LogP contribution in [-0.4, -0.2) is 7.05 Å². The third-order valence-corrected chi connectivity index (χ3v) is 2.29. The van der Waals surface area contributed by atoms with Gasteiger partial charge in [-0.1, -0.05) is 12.1 Å². The summed E-state index contributed by atoms with van der Waals surface area (Å²) in [6.07, 6.45) is -1.41. The summed E-state index contributed by atoms with van der Waals surface area (Å²) in [7, 11) is 1.50. The molecule has 0 saturated heterocycles. The molecule has 0 saturated carbocycles. The molecule has 0 radical (unpaired) electrons. The monoisotopic (exact) mass is 254 g/mol. The van der Waals surface area contributed by atoms with Crippen LogP contribution in [0.3, 0.4) is 0 Å². The maximum absolute atomic E-state index is 13.4. The molecule has 0 unspecified atom stereocenters. The van der Waals surface area contributed by atoms with E-state index < -0.39 is 11.9 Å². The van der Waals surface area contributed by atoms with E-state index in [0.29, 0.717) is 22.5 Å². The predicted octanol–water partition coefficient (Wildman–Crippen LogP) is 3.37. The highest BCUT2D eigenvalue weighted by Crippen LogP contribution is 2.26. The summed E-state index contributed by atoms with van der Waals surface area (Å²) in [4.78, 5) is 0. The molecule has 0 aliphatic rings. The largest absolute Gasteiger partial charge is 0.399 e. The normalized spacial score (nSPS) is 9.61. The molecule has 2 rings (SSSR count). The number of hydrogen-bond acceptors (Lipinski definition) is 2. The van der Waals surface area contributed by atoms with Crippen LogP contribution >= 0.6 is 0 Å². The van der Waals surface area contributed by atoms with Gasteiger partial charge in [0.25, 0.3) is 6.08 Å². The van der Waals surface area contributed by atoms with E-state index in [1.807, 2.05) is 0 Å². The lowest BCUT2D eigenvalue weighted by Gasteiger charge is -2.04. The van der Waals surface area contributed by atoms with E-state index >= 15 is 0 Å². The standard InChI is InChI=1S/C12H8F3N.CH5N/c13-11-4-1-7-5-8(16)2-3-9(7)10(11)6-12(14)15;1-2/h1-6H,16H2;2H2,1H3. The molecule has 0 aliphatic carbocycles. The van der Waals surface area contributed by atoms with Crippen LogP contribution in [0.1, 0.15) is 5.56 Å². The zero-order valence-electron chi connectivity index (χ0n) is 9.75. The minimum atomic E-state index is -1.93. The molecule has 2 nitrogen and oxygen atoms in total. The number of halogens is 3. The molecule has 4 N–H and O–H groups in total. The van der Waals surface area contributed by atoms with Gasteiger partial charge in [0, 0.05) is 17.3 Å². The summed E-state index contributed by atoms with van der Waals surface area (Å²) in [5.41, 5.74) is 10.5. The van der Waals surface area contributed by atoms with Gasteiger partial charge in [0.2, 0.25) is 0 Å². The second-order valence-electron chi connectivity index (χ2n) is 3.38. The van der Waals surface area contributed by atoms with Crippen LogP contribution in [0, 0.1) is 5.82 Å². The van der Waals surface area contributed by atoms with E-state index in [0.717, 1.165) is 6.07 Å². The molecule has 18 heavy (non-hydrogen) atoms. The average Bonchev–Trinajstić information content (AvgIpc) is 2.35. The molecule has 0 aromatic heterocycles. The lowest BCUT2D eigenvalue weighted by molar-refractivity contribution is 0.429. The maximum atomic E-state index is 13.4. The SMILES string of the molecule is CN.Nc1ccc2c(C=C(F)F)c(F)ccc2c1. The molecule has 0 heterocycles. The zero-order chi connectivity index (χ0) is 13.7. The number of hydrogen-bond donors (Lipinski definition) is 2. The molecule has 2 aromatic carbocycles. The first kappa shape index (κ1) is 14.1. The molecule has 0 atom stereocenters. The van der Waals surface area contributed by atoms with Crippen molar-refractivity contribution < 1.29 is 13.2 Å². The molecule has 0 spiro atoms. The van der Waals surface area contributed by atoms with Crippen LogP contribution in [0.15, 0.2) is 36.4 Å². The Hall–Kier alpha value is -2.01. The number of fused-ring (bicyclic) bond motifs is 1. The summed E-state index contributed by atoms with van der Waals surface area (Å²) >= 11 is 0. The molecule has 5 heteroatoms. The third-order valence-electron chi connectivity index (χ3n) is 2.29. The van der Waals surface area contributed by atoms with Gasteiger partial charge in [-0.15, -0.1) is 0 Å². The van der Waals surface area contributed by atoms with Crippen molar-refractivity contribution in [2.45, 2.75) is 0 Å². The van der Waals surface area contributed by atoms with Gasteiger partial charge < -0.3 is 11.5 Å². The van der Waals surface area contributed by atoms with Crippen LogP contribution < -0.4 is 11.5 Å². The van der Waals surface area contributed by atoms with E-state index in [4.69, 9.17) is 5.73 Å². The van der Waals surface area contributed by atoms with Crippen LogP contribution in [0.25, 0.3) is 16.8 Å². The summed E-state index contributed by atoms with van der Waals surface area (Å²) in [5.74, 6) is -0.676. The van der Waals surface area contributed by atoms with Gasteiger partial charge in [-0.05, 0) is 36.0 Å². The third kappa shape index (κ3) is 3.01. The lowest BCUT2D eigenvalue weighted by atomic mass is 10.0. The average molecular weight is 254 g/mol. The van der Waals surface area contributed by atoms with Gasteiger partial charge in [-0.2, -0.15) is 8.78 Å². The Kier molecular flexibility index (Phi) is 4.74. The Morgan fingerprint density at radius 2 is 1.78 bits per heavy atom. The summed E-state index contributed by atoms with van der Waals surface area (Å²) < 4.78 is 37.7. The van der Waals surface area contributed by atoms with Crippen molar-refractivity contribution in [2.75, 3.05) is 12.8 Å². The zero-order valence-corrected chi connectivity index (χ0v) is 9.75. The second-order valence-corrected chi connectivity index (χ2v) is 3.38. The van der Waals surface area contributed by atoms with Crippen molar-refractivity contribution in [1.82, 2.24) is 0 Å². The first-order valence-electron chi connectivity index (χ1n) is 5.16. The molecule has 0 fully saturated rings. The second kappa shape index (κ2) is 6.07. The first-order valence-corrected chi connectivity index (χ1v) is 5.16. The molecule has 0 amide bonds. The van der Waals surface area contributed by atoms with Crippen molar-refractivity contribution in [3.63, 3.8) is 0 Å². The fraction of sp³-hybridized carbons (Fsp3) is 0.0769. The Balaban J connectivity index is 0.000000771. The first-order chi connectivity index (χ1) is 8.58. The van der Waals surface area contributed by atoms with Crippen molar-refractivity contribution >= 4 is 22.5 Å². The van der Waals surface area contributed by atoms with Crippen LogP contribution in [0.2, 0.25) is 0 Å².